The molecule has 1 saturated heterocycles. The van der Waals surface area contributed by atoms with E-state index in [-0.39, 0.29) is 11.9 Å². The maximum Gasteiger partial charge on any atom is 0.323 e. The second-order valence-electron chi connectivity index (χ2n) is 5.36. The zero-order valence-corrected chi connectivity index (χ0v) is 14.8. The first-order valence-electron chi connectivity index (χ1n) is 7.52. The van der Waals surface area contributed by atoms with Crippen molar-refractivity contribution in [2.24, 2.45) is 0 Å². The highest BCUT2D eigenvalue weighted by atomic mass is 32.2. The quantitative estimate of drug-likeness (QED) is 0.877. The molecule has 126 valence electrons. The predicted octanol–water partition coefficient (Wildman–Crippen LogP) is 2.67. The van der Waals surface area contributed by atoms with Crippen LogP contribution in [0.15, 0.2) is 35.7 Å². The SMILES string of the molecule is Cc1nc(CNC(=O)[C@H]2CSCN2C(=O)Nc2ccccc2)cs1. The Hall–Kier alpha value is -2.06. The van der Waals surface area contributed by atoms with Crippen LogP contribution in [0.2, 0.25) is 0 Å². The Labute approximate surface area is 148 Å². The Kier molecular flexibility index (Phi) is 5.37. The minimum absolute atomic E-state index is 0.145. The van der Waals surface area contributed by atoms with Crippen molar-refractivity contribution in [2.45, 2.75) is 19.5 Å². The van der Waals surface area contributed by atoms with Crippen LogP contribution in [0.1, 0.15) is 10.7 Å². The first-order valence-corrected chi connectivity index (χ1v) is 9.56. The molecular weight excluding hydrogens is 344 g/mol. The number of hydrogen-bond donors (Lipinski definition) is 2. The predicted molar refractivity (Wildman–Crippen MR) is 97.1 cm³/mol. The number of anilines is 1. The third-order valence-corrected chi connectivity index (χ3v) is 5.42. The standard InChI is InChI=1S/C16H18N4O2S2/c1-11-18-13(8-24-11)7-17-15(21)14-9-23-10-20(14)16(22)19-12-5-3-2-4-6-12/h2-6,8,14H,7,9-10H2,1H3,(H,17,21)(H,19,22)/t14-/m1/s1. The number of aromatic nitrogens is 1. The maximum absolute atomic E-state index is 12.4. The molecule has 1 aliphatic heterocycles. The second kappa shape index (κ2) is 7.67. The monoisotopic (exact) mass is 362 g/mol. The molecule has 0 radical (unpaired) electrons. The molecule has 8 heteroatoms. The van der Waals surface area contributed by atoms with Gasteiger partial charge in [-0.2, -0.15) is 0 Å². The smallest absolute Gasteiger partial charge is 0.323 e. The number of urea groups is 1. The van der Waals surface area contributed by atoms with Crippen molar-refractivity contribution in [2.75, 3.05) is 16.9 Å². The van der Waals surface area contributed by atoms with Gasteiger partial charge in [0.25, 0.3) is 0 Å². The highest BCUT2D eigenvalue weighted by molar-refractivity contribution is 7.99. The van der Waals surface area contributed by atoms with Crippen LogP contribution in [-0.4, -0.2) is 39.5 Å². The van der Waals surface area contributed by atoms with Crippen molar-refractivity contribution in [3.8, 4) is 0 Å². The van der Waals surface area contributed by atoms with Crippen LogP contribution in [0.3, 0.4) is 0 Å². The second-order valence-corrected chi connectivity index (χ2v) is 7.42. The van der Waals surface area contributed by atoms with Crippen LogP contribution in [0, 0.1) is 6.92 Å². The molecule has 6 nitrogen and oxygen atoms in total. The molecule has 1 aromatic heterocycles. The van der Waals surface area contributed by atoms with E-state index in [1.807, 2.05) is 42.6 Å². The molecule has 0 unspecified atom stereocenters. The molecule has 1 atom stereocenters. The van der Waals surface area contributed by atoms with Gasteiger partial charge in [0.15, 0.2) is 0 Å². The zero-order valence-electron chi connectivity index (χ0n) is 13.2. The van der Waals surface area contributed by atoms with Crippen molar-refractivity contribution in [1.29, 1.82) is 0 Å². The Bertz CT molecular complexity index is 720. The van der Waals surface area contributed by atoms with E-state index >= 15 is 0 Å². The molecule has 1 aromatic carbocycles. The van der Waals surface area contributed by atoms with Gasteiger partial charge in [-0.05, 0) is 19.1 Å². The van der Waals surface area contributed by atoms with Crippen LogP contribution >= 0.6 is 23.1 Å². The van der Waals surface area contributed by atoms with Crippen LogP contribution < -0.4 is 10.6 Å². The number of carbonyl (C=O) groups is 2. The summed E-state index contributed by atoms with van der Waals surface area (Å²) in [5, 5.41) is 8.60. The first-order chi connectivity index (χ1) is 11.6. The minimum Gasteiger partial charge on any atom is -0.349 e. The van der Waals surface area contributed by atoms with Crippen LogP contribution in [-0.2, 0) is 11.3 Å². The van der Waals surface area contributed by atoms with E-state index in [2.05, 4.69) is 15.6 Å². The summed E-state index contributed by atoms with van der Waals surface area (Å²) in [5.41, 5.74) is 1.56. The maximum atomic E-state index is 12.4. The zero-order chi connectivity index (χ0) is 16.9. The van der Waals surface area contributed by atoms with Crippen molar-refractivity contribution < 1.29 is 9.59 Å². The lowest BCUT2D eigenvalue weighted by Crippen LogP contribution is -2.48. The van der Waals surface area contributed by atoms with Crippen LogP contribution in [0.25, 0.3) is 0 Å². The van der Waals surface area contributed by atoms with E-state index in [4.69, 9.17) is 0 Å². The largest absolute Gasteiger partial charge is 0.349 e. The number of carbonyl (C=O) groups excluding carboxylic acids is 2. The topological polar surface area (TPSA) is 74.3 Å². The fraction of sp³-hybridized carbons (Fsp3) is 0.312. The number of para-hydroxylation sites is 1. The molecule has 2 aromatic rings. The molecule has 3 rings (SSSR count). The number of benzene rings is 1. The Morgan fingerprint density at radius 3 is 2.83 bits per heavy atom. The molecular formula is C16H18N4O2S2. The average molecular weight is 362 g/mol. The lowest BCUT2D eigenvalue weighted by atomic mass is 10.2. The fourth-order valence-electron chi connectivity index (χ4n) is 2.36. The third kappa shape index (κ3) is 4.07. The van der Waals surface area contributed by atoms with E-state index < -0.39 is 6.04 Å². The van der Waals surface area contributed by atoms with Crippen LogP contribution in [0.4, 0.5) is 10.5 Å². The van der Waals surface area contributed by atoms with Gasteiger partial charge in [-0.3, -0.25) is 4.79 Å². The van der Waals surface area contributed by atoms with Crippen LogP contribution in [0.5, 0.6) is 0 Å². The molecule has 1 aliphatic rings. The van der Waals surface area contributed by atoms with Gasteiger partial charge in [-0.15, -0.1) is 23.1 Å². The van der Waals surface area contributed by atoms with E-state index in [0.29, 0.717) is 18.2 Å². The van der Waals surface area contributed by atoms with Gasteiger partial charge in [0.05, 0.1) is 23.1 Å². The van der Waals surface area contributed by atoms with Crippen molar-refractivity contribution in [3.63, 3.8) is 0 Å². The third-order valence-electron chi connectivity index (χ3n) is 3.58. The van der Waals surface area contributed by atoms with Gasteiger partial charge in [0, 0.05) is 16.8 Å². The molecule has 0 saturated carbocycles. The van der Waals surface area contributed by atoms with E-state index in [9.17, 15) is 9.59 Å². The summed E-state index contributed by atoms with van der Waals surface area (Å²) < 4.78 is 0. The summed E-state index contributed by atoms with van der Waals surface area (Å²) in [7, 11) is 0. The Morgan fingerprint density at radius 2 is 2.12 bits per heavy atom. The Balaban J connectivity index is 1.57. The van der Waals surface area contributed by atoms with Gasteiger partial charge in [-0.1, -0.05) is 18.2 Å². The number of thiazole rings is 1. The van der Waals surface area contributed by atoms with Gasteiger partial charge >= 0.3 is 6.03 Å². The average Bonchev–Trinajstić information content (AvgIpc) is 3.22. The molecule has 2 N–H and O–H groups in total. The number of hydrogen-bond acceptors (Lipinski definition) is 5. The highest BCUT2D eigenvalue weighted by Crippen LogP contribution is 2.22. The van der Waals surface area contributed by atoms with E-state index in [0.717, 1.165) is 16.4 Å². The number of thioether (sulfide) groups is 1. The summed E-state index contributed by atoms with van der Waals surface area (Å²) in [4.78, 5) is 30.7. The molecule has 1 fully saturated rings. The Morgan fingerprint density at radius 1 is 1.33 bits per heavy atom. The summed E-state index contributed by atoms with van der Waals surface area (Å²) in [6.45, 7) is 2.32. The summed E-state index contributed by atoms with van der Waals surface area (Å²) in [6.07, 6.45) is 0. The molecule has 3 amide bonds. The first kappa shape index (κ1) is 16.8. The number of nitrogens with one attached hydrogen (secondary N) is 2. The summed E-state index contributed by atoms with van der Waals surface area (Å²) >= 11 is 3.13. The van der Waals surface area contributed by atoms with Gasteiger partial charge in [-0.25, -0.2) is 9.78 Å². The van der Waals surface area contributed by atoms with Gasteiger partial charge in [0.2, 0.25) is 5.91 Å². The molecule has 0 aliphatic carbocycles. The lowest BCUT2D eigenvalue weighted by Gasteiger charge is -2.23. The van der Waals surface area contributed by atoms with Crippen molar-refractivity contribution >= 4 is 40.7 Å². The number of amides is 3. The number of aryl methyl sites for hydroxylation is 1. The van der Waals surface area contributed by atoms with E-state index in [1.165, 1.54) is 0 Å². The normalized spacial score (nSPS) is 16.9. The van der Waals surface area contributed by atoms with Gasteiger partial charge in [0.1, 0.15) is 6.04 Å². The number of nitrogens with zero attached hydrogens (tertiary/aromatic N) is 2. The van der Waals surface area contributed by atoms with Crippen molar-refractivity contribution in [1.82, 2.24) is 15.2 Å². The fourth-order valence-corrected chi connectivity index (χ4v) is 4.13. The van der Waals surface area contributed by atoms with E-state index in [1.54, 1.807) is 28.0 Å². The summed E-state index contributed by atoms with van der Waals surface area (Å²) in [6, 6.07) is 8.52. The molecule has 24 heavy (non-hydrogen) atoms. The molecule has 0 spiro atoms. The molecule has 0 bridgehead atoms. The minimum atomic E-state index is -0.460. The lowest BCUT2D eigenvalue weighted by molar-refractivity contribution is -0.124. The summed E-state index contributed by atoms with van der Waals surface area (Å²) in [5.74, 6) is 0.963. The van der Waals surface area contributed by atoms with Crippen molar-refractivity contribution in [3.05, 3.63) is 46.4 Å². The highest BCUT2D eigenvalue weighted by Gasteiger charge is 2.34. The van der Waals surface area contributed by atoms with Gasteiger partial charge < -0.3 is 15.5 Å². The molecule has 2 heterocycles. The number of rotatable bonds is 4.